The number of nitrogens with zero attached hydrogens (tertiary/aromatic N) is 3. The molecule has 52 heavy (non-hydrogen) atoms. The van der Waals surface area contributed by atoms with E-state index < -0.39 is 0 Å². The van der Waals surface area contributed by atoms with E-state index in [1.54, 1.807) is 11.3 Å². The van der Waals surface area contributed by atoms with Gasteiger partial charge in [0.1, 0.15) is 17.0 Å². The molecule has 5 nitrogen and oxygen atoms in total. The Balaban J connectivity index is 1.27. The molecule has 5 aromatic carbocycles. The van der Waals surface area contributed by atoms with Crippen LogP contribution in [-0.4, -0.2) is 15.8 Å². The Labute approximate surface area is 307 Å². The van der Waals surface area contributed by atoms with Gasteiger partial charge < -0.3 is 10.2 Å². The molecule has 3 aromatic heterocycles. The van der Waals surface area contributed by atoms with Crippen molar-refractivity contribution in [3.8, 4) is 22.6 Å². The van der Waals surface area contributed by atoms with Crippen LogP contribution in [0.25, 0.3) is 60.2 Å². The Morgan fingerprint density at radius 1 is 0.769 bits per heavy atom. The number of fused-ring (bicyclic) bond motifs is 4. The first kappa shape index (κ1) is 33.1. The van der Waals surface area contributed by atoms with Crippen molar-refractivity contribution in [3.05, 3.63) is 167 Å². The van der Waals surface area contributed by atoms with Crippen molar-refractivity contribution in [2.24, 2.45) is 10.7 Å². The molecule has 0 atom stereocenters. The average Bonchev–Trinajstić information content (AvgIpc) is 3.74. The van der Waals surface area contributed by atoms with E-state index in [-0.39, 0.29) is 0 Å². The molecule has 8 aromatic rings. The van der Waals surface area contributed by atoms with Crippen LogP contribution in [0.1, 0.15) is 48.4 Å². The topological polar surface area (TPSA) is 77.3 Å². The van der Waals surface area contributed by atoms with Gasteiger partial charge in [-0.25, -0.2) is 15.0 Å². The van der Waals surface area contributed by atoms with Crippen molar-refractivity contribution in [2.75, 3.05) is 0 Å². The number of furan rings is 1. The molecule has 0 aliphatic carbocycles. The summed E-state index contributed by atoms with van der Waals surface area (Å²) in [5, 5.41) is 3.20. The van der Waals surface area contributed by atoms with Gasteiger partial charge in [0, 0.05) is 48.8 Å². The largest absolute Gasteiger partial charge is 0.456 e. The molecule has 0 amide bonds. The molecule has 8 rings (SSSR count). The standard InChI is InChI=1S/C46H38N4OS/c1-3-5-16-31(15-4-2)37-29-38(49-46(48-37)33-19-10-7-11-20-33)34-22-14-23-40-43(34)36-27-30(25-26-39(36)51-40)28-42-44(35-21-12-13-24-41(35)52-42)50-45(47)32-17-8-6-9-18-32/h5-27,29H,3-4,28H2,1-2H3,(H2,47,50)/b16-5-,31-15+. The highest BCUT2D eigenvalue weighted by Crippen LogP contribution is 2.41. The van der Waals surface area contributed by atoms with Gasteiger partial charge in [0.15, 0.2) is 5.82 Å². The maximum atomic E-state index is 6.58. The van der Waals surface area contributed by atoms with Gasteiger partial charge in [-0.3, -0.25) is 0 Å². The molecule has 3 heterocycles. The highest BCUT2D eigenvalue weighted by Gasteiger charge is 2.19. The average molecular weight is 695 g/mol. The number of thiophene rings is 1. The number of allylic oxidation sites excluding steroid dienone is 4. The molecule has 0 radical (unpaired) electrons. The van der Waals surface area contributed by atoms with Crippen molar-refractivity contribution < 1.29 is 4.42 Å². The summed E-state index contributed by atoms with van der Waals surface area (Å²) in [6, 6.07) is 43.4. The minimum atomic E-state index is 0.507. The summed E-state index contributed by atoms with van der Waals surface area (Å²) < 4.78 is 7.66. The lowest BCUT2D eigenvalue weighted by Gasteiger charge is -2.11. The first-order valence-electron chi connectivity index (χ1n) is 17.8. The number of hydrogen-bond donors (Lipinski definition) is 1. The van der Waals surface area contributed by atoms with Gasteiger partial charge in [-0.05, 0) is 54.3 Å². The summed E-state index contributed by atoms with van der Waals surface area (Å²) in [5.41, 5.74) is 16.1. The fraction of sp³-hybridized carbons (Fsp3) is 0.109. The van der Waals surface area contributed by atoms with E-state index in [4.69, 9.17) is 25.1 Å². The summed E-state index contributed by atoms with van der Waals surface area (Å²) in [4.78, 5) is 16.5. The van der Waals surface area contributed by atoms with E-state index in [1.807, 2.05) is 60.7 Å². The zero-order chi connectivity index (χ0) is 35.4. The molecule has 0 aliphatic rings. The number of hydrogen-bond acceptors (Lipinski definition) is 5. The molecule has 0 unspecified atom stereocenters. The number of benzene rings is 5. The molecule has 0 aliphatic heterocycles. The van der Waals surface area contributed by atoms with Gasteiger partial charge in [-0.1, -0.05) is 129 Å². The van der Waals surface area contributed by atoms with Gasteiger partial charge in [0.2, 0.25) is 0 Å². The highest BCUT2D eigenvalue weighted by molar-refractivity contribution is 7.19. The zero-order valence-corrected chi connectivity index (χ0v) is 30.0. The van der Waals surface area contributed by atoms with Crippen LogP contribution >= 0.6 is 11.3 Å². The predicted molar refractivity (Wildman–Crippen MR) is 219 cm³/mol. The van der Waals surface area contributed by atoms with E-state index in [9.17, 15) is 0 Å². The van der Waals surface area contributed by atoms with Crippen LogP contribution in [0, 0.1) is 0 Å². The Hall–Kier alpha value is -6.11. The third-order valence-electron chi connectivity index (χ3n) is 9.15. The summed E-state index contributed by atoms with van der Waals surface area (Å²) in [6.45, 7) is 4.30. The summed E-state index contributed by atoms with van der Waals surface area (Å²) in [6.07, 6.45) is 9.14. The normalized spacial score (nSPS) is 12.5. The van der Waals surface area contributed by atoms with Gasteiger partial charge in [0.05, 0.1) is 17.1 Å². The van der Waals surface area contributed by atoms with Crippen molar-refractivity contribution in [1.29, 1.82) is 0 Å². The maximum Gasteiger partial charge on any atom is 0.160 e. The van der Waals surface area contributed by atoms with Crippen LogP contribution in [-0.2, 0) is 6.42 Å². The summed E-state index contributed by atoms with van der Waals surface area (Å²) in [5.74, 6) is 1.20. The second-order valence-corrected chi connectivity index (χ2v) is 13.9. The highest BCUT2D eigenvalue weighted by atomic mass is 32.1. The summed E-state index contributed by atoms with van der Waals surface area (Å²) >= 11 is 1.77. The van der Waals surface area contributed by atoms with Crippen molar-refractivity contribution >= 4 is 60.5 Å². The Morgan fingerprint density at radius 2 is 1.56 bits per heavy atom. The maximum absolute atomic E-state index is 6.58. The Kier molecular flexibility index (Phi) is 9.30. The van der Waals surface area contributed by atoms with Gasteiger partial charge in [-0.2, -0.15) is 0 Å². The third-order valence-corrected chi connectivity index (χ3v) is 10.3. The van der Waals surface area contributed by atoms with E-state index in [1.165, 1.54) is 4.70 Å². The smallest absolute Gasteiger partial charge is 0.160 e. The number of nitrogens with two attached hydrogens (primary N) is 1. The van der Waals surface area contributed by atoms with Crippen LogP contribution in [0.3, 0.4) is 0 Å². The number of rotatable bonds is 10. The molecular formula is C46H38N4OS. The second-order valence-electron chi connectivity index (χ2n) is 12.7. The quantitative estimate of drug-likeness (QED) is 0.0878. The monoisotopic (exact) mass is 694 g/mol. The van der Waals surface area contributed by atoms with Crippen LogP contribution in [0.15, 0.2) is 155 Å². The number of amidine groups is 1. The lowest BCUT2D eigenvalue weighted by molar-refractivity contribution is 0.669. The molecule has 0 spiro atoms. The molecule has 0 fully saturated rings. The van der Waals surface area contributed by atoms with E-state index >= 15 is 0 Å². The van der Waals surface area contributed by atoms with E-state index in [0.29, 0.717) is 18.1 Å². The predicted octanol–water partition coefficient (Wildman–Crippen LogP) is 12.3. The van der Waals surface area contributed by atoms with Gasteiger partial charge in [-0.15, -0.1) is 11.3 Å². The first-order valence-corrected chi connectivity index (χ1v) is 18.6. The van der Waals surface area contributed by atoms with Crippen LogP contribution in [0.2, 0.25) is 0 Å². The third kappa shape index (κ3) is 6.57. The van der Waals surface area contributed by atoms with Crippen LogP contribution < -0.4 is 5.73 Å². The Morgan fingerprint density at radius 3 is 2.37 bits per heavy atom. The molecule has 254 valence electrons. The number of aliphatic imine (C=N–C) groups is 1. The number of aromatic nitrogens is 2. The van der Waals surface area contributed by atoms with Crippen molar-refractivity contribution in [2.45, 2.75) is 33.1 Å². The molecule has 0 bridgehead atoms. The lowest BCUT2D eigenvalue weighted by Crippen LogP contribution is -2.12. The molecular weight excluding hydrogens is 657 g/mol. The van der Waals surface area contributed by atoms with Crippen LogP contribution in [0.4, 0.5) is 5.69 Å². The SMILES string of the molecule is CC/C=C\C(=C/CC)c1cc(-c2cccc3oc4ccc(Cc5sc6ccccc6c5N=C(N)c5ccccc5)cc4c23)nc(-c2ccccc2)n1. The molecule has 0 saturated carbocycles. The van der Waals surface area contributed by atoms with Crippen molar-refractivity contribution in [3.63, 3.8) is 0 Å². The fourth-order valence-corrected chi connectivity index (χ4v) is 7.85. The zero-order valence-electron chi connectivity index (χ0n) is 29.2. The lowest BCUT2D eigenvalue weighted by atomic mass is 9.99. The minimum absolute atomic E-state index is 0.507. The molecule has 6 heteroatoms. The molecule has 2 N–H and O–H groups in total. The Bertz CT molecular complexity index is 2630. The molecule has 0 saturated heterocycles. The second kappa shape index (κ2) is 14.6. The first-order chi connectivity index (χ1) is 25.6. The fourth-order valence-electron chi connectivity index (χ4n) is 6.67. The minimum Gasteiger partial charge on any atom is -0.456 e. The van der Waals surface area contributed by atoms with Gasteiger partial charge in [0.25, 0.3) is 0 Å². The van der Waals surface area contributed by atoms with E-state index in [0.717, 1.165) is 89.9 Å². The van der Waals surface area contributed by atoms with Crippen molar-refractivity contribution in [1.82, 2.24) is 9.97 Å². The summed E-state index contributed by atoms with van der Waals surface area (Å²) in [7, 11) is 0. The van der Waals surface area contributed by atoms with Gasteiger partial charge >= 0.3 is 0 Å². The van der Waals surface area contributed by atoms with E-state index in [2.05, 4.69) is 98.8 Å². The van der Waals surface area contributed by atoms with Crippen LogP contribution in [0.5, 0.6) is 0 Å².